The fourth-order valence-corrected chi connectivity index (χ4v) is 2.24. The molecular formula is C19H31N5O3. The summed E-state index contributed by atoms with van der Waals surface area (Å²) >= 11 is 0. The largest absolute Gasteiger partial charge is 0.354 e. The maximum Gasteiger partial charge on any atom is 0.269 e. The van der Waals surface area contributed by atoms with Gasteiger partial charge in [-0.1, -0.05) is 19.1 Å². The lowest BCUT2D eigenvalue weighted by molar-refractivity contribution is -0.384. The zero-order chi connectivity index (χ0) is 20.6. The summed E-state index contributed by atoms with van der Waals surface area (Å²) < 4.78 is 0. The molecule has 0 saturated heterocycles. The third-order valence-electron chi connectivity index (χ3n) is 3.80. The number of guanidine groups is 1. The van der Waals surface area contributed by atoms with Crippen LogP contribution in [0.2, 0.25) is 0 Å². The number of aliphatic imine (C=N–C) groups is 1. The van der Waals surface area contributed by atoms with E-state index in [9.17, 15) is 14.9 Å². The SMILES string of the molecule is CCC(C)NC(=NCc1ccc([N+](=O)[O-])cc1)N(C)CC(=O)NC(C)(C)C. The van der Waals surface area contributed by atoms with E-state index in [0.29, 0.717) is 12.5 Å². The number of amides is 1. The second-order valence-electron chi connectivity index (χ2n) is 7.67. The number of nitrogens with one attached hydrogen (secondary N) is 2. The number of benzene rings is 1. The van der Waals surface area contributed by atoms with Crippen molar-refractivity contribution >= 4 is 17.6 Å². The maximum atomic E-state index is 12.2. The Morgan fingerprint density at radius 1 is 1.30 bits per heavy atom. The molecule has 27 heavy (non-hydrogen) atoms. The Morgan fingerprint density at radius 3 is 2.37 bits per heavy atom. The molecule has 0 aliphatic carbocycles. The molecule has 0 aliphatic rings. The first-order chi connectivity index (χ1) is 12.5. The number of rotatable bonds is 7. The van der Waals surface area contributed by atoms with Crippen molar-refractivity contribution in [3.05, 3.63) is 39.9 Å². The smallest absolute Gasteiger partial charge is 0.269 e. The van der Waals surface area contributed by atoms with Crippen LogP contribution >= 0.6 is 0 Å². The molecule has 1 amide bonds. The Kier molecular flexibility index (Phi) is 8.21. The second-order valence-corrected chi connectivity index (χ2v) is 7.67. The normalized spacial score (nSPS) is 13.0. The monoisotopic (exact) mass is 377 g/mol. The van der Waals surface area contributed by atoms with Gasteiger partial charge in [0, 0.05) is 30.8 Å². The third kappa shape index (κ3) is 8.52. The molecule has 0 spiro atoms. The summed E-state index contributed by atoms with van der Waals surface area (Å²) in [7, 11) is 1.81. The van der Waals surface area contributed by atoms with E-state index in [1.165, 1.54) is 12.1 Å². The molecule has 8 nitrogen and oxygen atoms in total. The van der Waals surface area contributed by atoms with E-state index >= 15 is 0 Å². The van der Waals surface area contributed by atoms with Crippen LogP contribution < -0.4 is 10.6 Å². The van der Waals surface area contributed by atoms with Crippen LogP contribution in [0.5, 0.6) is 0 Å². The summed E-state index contributed by atoms with van der Waals surface area (Å²) in [5.41, 5.74) is 0.617. The Hall–Kier alpha value is -2.64. The van der Waals surface area contributed by atoms with E-state index in [0.717, 1.165) is 12.0 Å². The summed E-state index contributed by atoms with van der Waals surface area (Å²) in [5, 5.41) is 17.0. The van der Waals surface area contributed by atoms with Gasteiger partial charge in [-0.3, -0.25) is 14.9 Å². The predicted octanol–water partition coefficient (Wildman–Crippen LogP) is 2.69. The number of carbonyl (C=O) groups excluding carboxylic acids is 1. The summed E-state index contributed by atoms with van der Waals surface area (Å²) in [4.78, 5) is 28.9. The number of nitrogens with zero attached hydrogens (tertiary/aromatic N) is 3. The molecule has 0 fully saturated rings. The number of nitro benzene ring substituents is 1. The van der Waals surface area contributed by atoms with E-state index in [1.807, 2.05) is 34.7 Å². The fraction of sp³-hybridized carbons (Fsp3) is 0.579. The minimum absolute atomic E-state index is 0.0525. The highest BCUT2D eigenvalue weighted by Crippen LogP contribution is 2.12. The summed E-state index contributed by atoms with van der Waals surface area (Å²) in [6, 6.07) is 6.51. The molecule has 0 heterocycles. The van der Waals surface area contributed by atoms with Gasteiger partial charge in [-0.05, 0) is 39.7 Å². The van der Waals surface area contributed by atoms with Crippen molar-refractivity contribution in [2.45, 2.75) is 59.2 Å². The molecule has 1 unspecified atom stereocenters. The number of hydrogen-bond donors (Lipinski definition) is 2. The Bertz CT molecular complexity index is 665. The third-order valence-corrected chi connectivity index (χ3v) is 3.80. The van der Waals surface area contributed by atoms with Gasteiger partial charge in [-0.15, -0.1) is 0 Å². The average molecular weight is 377 g/mol. The molecule has 0 aromatic heterocycles. The van der Waals surface area contributed by atoms with E-state index in [2.05, 4.69) is 22.5 Å². The molecule has 150 valence electrons. The van der Waals surface area contributed by atoms with Gasteiger partial charge in [0.1, 0.15) is 0 Å². The van der Waals surface area contributed by atoms with Gasteiger partial charge in [-0.2, -0.15) is 0 Å². The predicted molar refractivity (Wildman–Crippen MR) is 108 cm³/mol. The van der Waals surface area contributed by atoms with Crippen LogP contribution in [0.4, 0.5) is 5.69 Å². The molecule has 0 bridgehead atoms. The van der Waals surface area contributed by atoms with Crippen molar-refractivity contribution < 1.29 is 9.72 Å². The molecule has 2 N–H and O–H groups in total. The molecular weight excluding hydrogens is 346 g/mol. The Balaban J connectivity index is 2.86. The Morgan fingerprint density at radius 2 is 1.89 bits per heavy atom. The zero-order valence-corrected chi connectivity index (χ0v) is 17.1. The van der Waals surface area contributed by atoms with Crippen molar-refractivity contribution in [2.75, 3.05) is 13.6 Å². The van der Waals surface area contributed by atoms with Crippen LogP contribution in [0.3, 0.4) is 0 Å². The van der Waals surface area contributed by atoms with Crippen LogP contribution in [-0.2, 0) is 11.3 Å². The number of likely N-dealkylation sites (N-methyl/N-ethyl adjacent to an activating group) is 1. The lowest BCUT2D eigenvalue weighted by Gasteiger charge is -2.27. The van der Waals surface area contributed by atoms with Gasteiger partial charge < -0.3 is 15.5 Å². The van der Waals surface area contributed by atoms with Crippen molar-refractivity contribution in [3.8, 4) is 0 Å². The minimum atomic E-state index is -0.426. The highest BCUT2D eigenvalue weighted by atomic mass is 16.6. The molecule has 0 radical (unpaired) electrons. The van der Waals surface area contributed by atoms with E-state index in [1.54, 1.807) is 17.0 Å². The molecule has 1 atom stereocenters. The highest BCUT2D eigenvalue weighted by Gasteiger charge is 2.17. The van der Waals surface area contributed by atoms with Crippen LogP contribution in [0, 0.1) is 10.1 Å². The van der Waals surface area contributed by atoms with E-state index in [-0.39, 0.29) is 29.7 Å². The average Bonchev–Trinajstić information content (AvgIpc) is 2.56. The first kappa shape index (κ1) is 22.4. The standard InChI is InChI=1S/C19H31N5O3/c1-7-14(2)21-18(23(6)13-17(25)22-19(3,4)5)20-12-15-8-10-16(11-9-15)24(26)27/h8-11,14H,7,12-13H2,1-6H3,(H,20,21)(H,22,25). The van der Waals surface area contributed by atoms with Gasteiger partial charge in [0.05, 0.1) is 18.0 Å². The van der Waals surface area contributed by atoms with Crippen molar-refractivity contribution in [3.63, 3.8) is 0 Å². The van der Waals surface area contributed by atoms with Crippen molar-refractivity contribution in [1.29, 1.82) is 0 Å². The molecule has 0 saturated carbocycles. The summed E-state index contributed by atoms with van der Waals surface area (Å²) in [6.45, 7) is 10.5. The van der Waals surface area contributed by atoms with Crippen LogP contribution in [-0.4, -0.2) is 46.9 Å². The molecule has 1 rings (SSSR count). The van der Waals surface area contributed by atoms with E-state index < -0.39 is 4.92 Å². The van der Waals surface area contributed by atoms with Crippen LogP contribution in [0.15, 0.2) is 29.3 Å². The fourth-order valence-electron chi connectivity index (χ4n) is 2.24. The molecule has 8 heteroatoms. The van der Waals surface area contributed by atoms with Gasteiger partial charge in [-0.25, -0.2) is 4.99 Å². The van der Waals surface area contributed by atoms with E-state index in [4.69, 9.17) is 0 Å². The molecule has 0 aliphatic heterocycles. The van der Waals surface area contributed by atoms with Gasteiger partial charge >= 0.3 is 0 Å². The summed E-state index contributed by atoms with van der Waals surface area (Å²) in [6.07, 6.45) is 0.915. The number of nitro groups is 1. The lowest BCUT2D eigenvalue weighted by Crippen LogP contribution is -2.50. The topological polar surface area (TPSA) is 99.9 Å². The number of non-ortho nitro benzene ring substituents is 1. The lowest BCUT2D eigenvalue weighted by atomic mass is 10.1. The van der Waals surface area contributed by atoms with Crippen molar-refractivity contribution in [1.82, 2.24) is 15.5 Å². The van der Waals surface area contributed by atoms with Gasteiger partial charge in [0.25, 0.3) is 5.69 Å². The number of carbonyl (C=O) groups is 1. The number of hydrogen-bond acceptors (Lipinski definition) is 4. The maximum absolute atomic E-state index is 12.2. The van der Waals surface area contributed by atoms with Crippen LogP contribution in [0.1, 0.15) is 46.6 Å². The zero-order valence-electron chi connectivity index (χ0n) is 17.1. The first-order valence-corrected chi connectivity index (χ1v) is 9.08. The minimum Gasteiger partial charge on any atom is -0.354 e. The van der Waals surface area contributed by atoms with Crippen molar-refractivity contribution in [2.24, 2.45) is 4.99 Å². The van der Waals surface area contributed by atoms with Gasteiger partial charge in [0.15, 0.2) is 5.96 Å². The molecule has 1 aromatic rings. The first-order valence-electron chi connectivity index (χ1n) is 9.08. The van der Waals surface area contributed by atoms with Gasteiger partial charge in [0.2, 0.25) is 5.91 Å². The molecule has 1 aromatic carbocycles. The second kappa shape index (κ2) is 9.89. The summed E-state index contributed by atoms with van der Waals surface area (Å²) in [5.74, 6) is 0.533. The highest BCUT2D eigenvalue weighted by molar-refractivity contribution is 5.86. The van der Waals surface area contributed by atoms with Crippen LogP contribution in [0.25, 0.3) is 0 Å². The Labute approximate surface area is 161 Å². The quantitative estimate of drug-likeness (QED) is 0.329.